The van der Waals surface area contributed by atoms with Gasteiger partial charge in [-0.15, -0.1) is 0 Å². The Morgan fingerprint density at radius 2 is 1.62 bits per heavy atom. The number of carbonyl (C=O) groups is 2. The van der Waals surface area contributed by atoms with Crippen LogP contribution in [0.5, 0.6) is 17.2 Å². The van der Waals surface area contributed by atoms with Gasteiger partial charge >= 0.3 is 10.1 Å². The van der Waals surface area contributed by atoms with Gasteiger partial charge in [-0.1, -0.05) is 60.7 Å². The molecular formula is C29H23NO7S2. The van der Waals surface area contributed by atoms with Crippen LogP contribution < -0.4 is 13.7 Å². The van der Waals surface area contributed by atoms with Gasteiger partial charge in [-0.2, -0.15) is 8.42 Å². The number of hydrogen-bond acceptors (Lipinski definition) is 8. The number of nitrogens with zero attached hydrogens (tertiary/aromatic N) is 1. The van der Waals surface area contributed by atoms with Gasteiger partial charge in [-0.05, 0) is 59.1 Å². The van der Waals surface area contributed by atoms with E-state index in [1.807, 2.05) is 36.4 Å². The second-order valence-electron chi connectivity index (χ2n) is 8.42. The Balaban J connectivity index is 1.32. The van der Waals surface area contributed by atoms with Crippen molar-refractivity contribution >= 4 is 49.9 Å². The lowest BCUT2D eigenvalue weighted by molar-refractivity contribution is -0.123. The first-order chi connectivity index (χ1) is 18.9. The molecule has 4 aromatic rings. The molecule has 0 aliphatic carbocycles. The van der Waals surface area contributed by atoms with Crippen LogP contribution in [0.25, 0.3) is 16.8 Å². The summed E-state index contributed by atoms with van der Waals surface area (Å²) in [6, 6.07) is 25.8. The lowest BCUT2D eigenvalue weighted by Crippen LogP contribution is -2.32. The topological polar surface area (TPSA) is 99.2 Å². The lowest BCUT2D eigenvalue weighted by Gasteiger charge is -2.13. The fourth-order valence-electron chi connectivity index (χ4n) is 4.04. The highest BCUT2D eigenvalue weighted by molar-refractivity contribution is 8.18. The van der Waals surface area contributed by atoms with E-state index in [0.717, 1.165) is 22.0 Å². The molecule has 39 heavy (non-hydrogen) atoms. The van der Waals surface area contributed by atoms with Gasteiger partial charge in [0.15, 0.2) is 11.5 Å². The number of fused-ring (bicyclic) bond motifs is 1. The standard InChI is InChI=1S/C29H23NO7S2/c1-35-25-18-20(19-26-28(31)30(29(32)38-26)16-17-36-22-10-3-2-4-11-22)14-15-24(25)37-39(33,34)27-13-7-9-21-8-5-6-12-23(21)27/h2-15,18-19H,16-17H2,1H3/b26-19-. The second-order valence-corrected chi connectivity index (χ2v) is 10.9. The minimum absolute atomic E-state index is 0.00579. The van der Waals surface area contributed by atoms with Crippen molar-refractivity contribution in [2.45, 2.75) is 4.90 Å². The van der Waals surface area contributed by atoms with Gasteiger partial charge in [-0.3, -0.25) is 14.5 Å². The predicted molar refractivity (Wildman–Crippen MR) is 149 cm³/mol. The van der Waals surface area contributed by atoms with Crippen LogP contribution in [0.3, 0.4) is 0 Å². The van der Waals surface area contributed by atoms with Gasteiger partial charge in [0.25, 0.3) is 11.1 Å². The van der Waals surface area contributed by atoms with Crippen molar-refractivity contribution in [1.82, 2.24) is 4.90 Å². The zero-order chi connectivity index (χ0) is 27.4. The summed E-state index contributed by atoms with van der Waals surface area (Å²) in [6.45, 7) is 0.277. The number of benzene rings is 4. The van der Waals surface area contributed by atoms with Crippen molar-refractivity contribution in [3.63, 3.8) is 0 Å². The highest BCUT2D eigenvalue weighted by Crippen LogP contribution is 2.36. The average Bonchev–Trinajstić information content (AvgIpc) is 3.21. The Morgan fingerprint density at radius 1 is 0.872 bits per heavy atom. The number of methoxy groups -OCH3 is 1. The molecule has 198 valence electrons. The maximum atomic E-state index is 13.1. The molecule has 1 aliphatic rings. The second kappa shape index (κ2) is 11.2. The molecule has 1 fully saturated rings. The minimum Gasteiger partial charge on any atom is -0.493 e. The molecule has 0 unspecified atom stereocenters. The fourth-order valence-corrected chi connectivity index (χ4v) is 6.06. The van der Waals surface area contributed by atoms with E-state index in [2.05, 4.69) is 0 Å². The number of thioether (sulfide) groups is 1. The van der Waals surface area contributed by atoms with Gasteiger partial charge in [0.05, 0.1) is 18.6 Å². The monoisotopic (exact) mass is 561 g/mol. The van der Waals surface area contributed by atoms with Crippen LogP contribution in [0.15, 0.2) is 101 Å². The Labute approximate surface area is 229 Å². The van der Waals surface area contributed by atoms with Crippen molar-refractivity contribution in [1.29, 1.82) is 0 Å². The number of ether oxygens (including phenoxy) is 2. The van der Waals surface area contributed by atoms with Crippen LogP contribution in [-0.4, -0.2) is 44.7 Å². The number of hydrogen-bond donors (Lipinski definition) is 0. The maximum Gasteiger partial charge on any atom is 0.339 e. The largest absolute Gasteiger partial charge is 0.493 e. The van der Waals surface area contributed by atoms with Gasteiger partial charge in [0.1, 0.15) is 17.3 Å². The zero-order valence-corrected chi connectivity index (χ0v) is 22.4. The summed E-state index contributed by atoms with van der Waals surface area (Å²) < 4.78 is 42.7. The average molecular weight is 562 g/mol. The molecule has 0 aromatic heterocycles. The summed E-state index contributed by atoms with van der Waals surface area (Å²) in [6.07, 6.45) is 1.55. The Kier molecular flexibility index (Phi) is 7.58. The third-order valence-corrected chi connectivity index (χ3v) is 8.11. The van der Waals surface area contributed by atoms with E-state index in [-0.39, 0.29) is 34.5 Å². The third-order valence-electron chi connectivity index (χ3n) is 5.90. The maximum absolute atomic E-state index is 13.1. The molecule has 1 heterocycles. The van der Waals surface area contributed by atoms with Crippen LogP contribution in [0.1, 0.15) is 5.56 Å². The summed E-state index contributed by atoms with van der Waals surface area (Å²) >= 11 is 0.824. The Bertz CT molecular complexity index is 1680. The van der Waals surface area contributed by atoms with E-state index in [9.17, 15) is 18.0 Å². The highest BCUT2D eigenvalue weighted by Gasteiger charge is 2.35. The molecular weight excluding hydrogens is 538 g/mol. The first-order valence-corrected chi connectivity index (χ1v) is 14.1. The van der Waals surface area contributed by atoms with Crippen molar-refractivity contribution in [2.24, 2.45) is 0 Å². The van der Waals surface area contributed by atoms with Gasteiger partial charge in [-0.25, -0.2) is 0 Å². The van der Waals surface area contributed by atoms with E-state index in [4.69, 9.17) is 13.7 Å². The number of para-hydroxylation sites is 1. The van der Waals surface area contributed by atoms with Crippen molar-refractivity contribution in [3.05, 3.63) is 101 Å². The van der Waals surface area contributed by atoms with Crippen LogP contribution in [0.4, 0.5) is 4.79 Å². The smallest absolute Gasteiger partial charge is 0.339 e. The molecule has 5 rings (SSSR count). The molecule has 0 bridgehead atoms. The SMILES string of the molecule is COc1cc(/C=C2\SC(=O)N(CCOc3ccccc3)C2=O)ccc1OS(=O)(=O)c1cccc2ccccc12. The number of imide groups is 1. The molecule has 1 aliphatic heterocycles. The molecule has 0 radical (unpaired) electrons. The fraction of sp³-hybridized carbons (Fsp3) is 0.103. The van der Waals surface area contributed by atoms with Gasteiger partial charge in [0.2, 0.25) is 0 Å². The summed E-state index contributed by atoms with van der Waals surface area (Å²) in [4.78, 5) is 26.7. The van der Waals surface area contributed by atoms with E-state index in [1.54, 1.807) is 48.5 Å². The lowest BCUT2D eigenvalue weighted by atomic mass is 10.1. The predicted octanol–water partition coefficient (Wildman–Crippen LogP) is 5.73. The quantitative estimate of drug-likeness (QED) is 0.189. The van der Waals surface area contributed by atoms with Crippen LogP contribution in [-0.2, 0) is 14.9 Å². The van der Waals surface area contributed by atoms with Gasteiger partial charge < -0.3 is 13.7 Å². The molecule has 10 heteroatoms. The summed E-state index contributed by atoms with van der Waals surface area (Å²) in [5.41, 5.74) is 0.535. The minimum atomic E-state index is -4.18. The van der Waals surface area contributed by atoms with Crippen LogP contribution in [0.2, 0.25) is 0 Å². The van der Waals surface area contributed by atoms with Crippen molar-refractivity contribution in [2.75, 3.05) is 20.3 Å². The number of carbonyl (C=O) groups excluding carboxylic acids is 2. The molecule has 0 N–H and O–H groups in total. The molecule has 0 saturated carbocycles. The van der Waals surface area contributed by atoms with Crippen LogP contribution >= 0.6 is 11.8 Å². The van der Waals surface area contributed by atoms with Gasteiger partial charge in [0, 0.05) is 5.39 Å². The summed E-state index contributed by atoms with van der Waals surface area (Å²) in [7, 11) is -2.79. The number of amides is 2. The Hall–Kier alpha value is -4.28. The Morgan fingerprint density at radius 3 is 2.41 bits per heavy atom. The van der Waals surface area contributed by atoms with E-state index in [0.29, 0.717) is 16.7 Å². The molecule has 4 aromatic carbocycles. The highest BCUT2D eigenvalue weighted by atomic mass is 32.2. The normalized spacial score (nSPS) is 14.7. The van der Waals surface area contributed by atoms with Crippen molar-refractivity contribution < 1.29 is 31.7 Å². The molecule has 2 amide bonds. The van der Waals surface area contributed by atoms with Crippen molar-refractivity contribution in [3.8, 4) is 17.2 Å². The first kappa shape index (κ1) is 26.3. The van der Waals surface area contributed by atoms with E-state index >= 15 is 0 Å². The molecule has 1 saturated heterocycles. The van der Waals surface area contributed by atoms with E-state index in [1.165, 1.54) is 19.2 Å². The third kappa shape index (κ3) is 5.76. The summed E-state index contributed by atoms with van der Waals surface area (Å²) in [5.74, 6) is 0.369. The summed E-state index contributed by atoms with van der Waals surface area (Å²) in [5, 5.41) is 0.918. The molecule has 8 nitrogen and oxygen atoms in total. The number of rotatable bonds is 9. The molecule has 0 atom stereocenters. The van der Waals surface area contributed by atoms with Crippen LogP contribution in [0, 0.1) is 0 Å². The molecule has 0 spiro atoms. The first-order valence-electron chi connectivity index (χ1n) is 11.9. The van der Waals surface area contributed by atoms with E-state index < -0.39 is 21.3 Å². The zero-order valence-electron chi connectivity index (χ0n) is 20.8.